The number of methoxy groups -OCH3 is 1. The SMILES string of the molecule is COc1ccccc1N1C(=O)/C(=C/c2ccc(-c3ccc([N+](=O)[O-])cc3)o2)NC1=S. The number of amides is 1. The second-order valence-corrected chi connectivity index (χ2v) is 6.69. The maximum atomic E-state index is 12.9. The zero-order valence-electron chi connectivity index (χ0n) is 15.7. The van der Waals surface area contributed by atoms with Crippen molar-refractivity contribution in [2.24, 2.45) is 0 Å². The minimum absolute atomic E-state index is 0.00153. The van der Waals surface area contributed by atoms with Gasteiger partial charge in [0.1, 0.15) is 23.0 Å². The Labute approximate surface area is 176 Å². The summed E-state index contributed by atoms with van der Waals surface area (Å²) in [4.78, 5) is 24.6. The normalized spacial score (nSPS) is 14.8. The van der Waals surface area contributed by atoms with Crippen LogP contribution in [0.3, 0.4) is 0 Å². The van der Waals surface area contributed by atoms with Crippen molar-refractivity contribution >= 4 is 40.7 Å². The van der Waals surface area contributed by atoms with E-state index >= 15 is 0 Å². The lowest BCUT2D eigenvalue weighted by Crippen LogP contribution is -2.30. The van der Waals surface area contributed by atoms with Gasteiger partial charge in [-0.25, -0.2) is 4.90 Å². The molecule has 0 saturated carbocycles. The van der Waals surface area contributed by atoms with Crippen LogP contribution in [0.2, 0.25) is 0 Å². The molecule has 9 heteroatoms. The number of furan rings is 1. The maximum Gasteiger partial charge on any atom is 0.281 e. The van der Waals surface area contributed by atoms with Crippen LogP contribution in [0.5, 0.6) is 5.75 Å². The predicted molar refractivity (Wildman–Crippen MR) is 115 cm³/mol. The lowest BCUT2D eigenvalue weighted by Gasteiger charge is -2.17. The summed E-state index contributed by atoms with van der Waals surface area (Å²) in [5.41, 5.74) is 1.48. The molecule has 150 valence electrons. The second-order valence-electron chi connectivity index (χ2n) is 6.31. The van der Waals surface area contributed by atoms with Gasteiger partial charge in [0.05, 0.1) is 17.7 Å². The number of thiocarbonyl (C=S) groups is 1. The van der Waals surface area contributed by atoms with Crippen molar-refractivity contribution in [2.75, 3.05) is 12.0 Å². The van der Waals surface area contributed by atoms with Gasteiger partial charge in [-0.2, -0.15) is 0 Å². The third-order valence-electron chi connectivity index (χ3n) is 4.48. The highest BCUT2D eigenvalue weighted by Gasteiger charge is 2.33. The molecule has 1 aliphatic rings. The number of benzene rings is 2. The summed E-state index contributed by atoms with van der Waals surface area (Å²) in [6, 6.07) is 16.5. The molecule has 1 aromatic heterocycles. The van der Waals surface area contributed by atoms with Crippen molar-refractivity contribution in [3.8, 4) is 17.1 Å². The topological polar surface area (TPSA) is 97.8 Å². The molecule has 1 fully saturated rings. The number of ether oxygens (including phenoxy) is 1. The first-order valence-corrected chi connectivity index (χ1v) is 9.23. The van der Waals surface area contributed by atoms with Crippen LogP contribution in [0.15, 0.2) is 70.8 Å². The minimum Gasteiger partial charge on any atom is -0.495 e. The van der Waals surface area contributed by atoms with Crippen molar-refractivity contribution in [3.63, 3.8) is 0 Å². The van der Waals surface area contributed by atoms with Crippen molar-refractivity contribution in [1.82, 2.24) is 5.32 Å². The monoisotopic (exact) mass is 421 g/mol. The number of non-ortho nitro benzene ring substituents is 1. The Bertz CT molecular complexity index is 1180. The zero-order chi connectivity index (χ0) is 21.3. The highest BCUT2D eigenvalue weighted by atomic mass is 32.1. The average Bonchev–Trinajstić information content (AvgIpc) is 3.32. The van der Waals surface area contributed by atoms with Crippen LogP contribution in [-0.4, -0.2) is 23.1 Å². The molecular weight excluding hydrogens is 406 g/mol. The van der Waals surface area contributed by atoms with Crippen LogP contribution in [0.1, 0.15) is 5.76 Å². The Morgan fingerprint density at radius 2 is 1.87 bits per heavy atom. The number of hydrogen-bond acceptors (Lipinski definition) is 6. The number of carbonyl (C=O) groups excluding carboxylic acids is 1. The van der Waals surface area contributed by atoms with Crippen molar-refractivity contribution in [3.05, 3.63) is 82.2 Å². The number of nitrogens with zero attached hydrogens (tertiary/aromatic N) is 2. The van der Waals surface area contributed by atoms with E-state index in [1.54, 1.807) is 54.6 Å². The molecule has 1 N–H and O–H groups in total. The zero-order valence-corrected chi connectivity index (χ0v) is 16.5. The fourth-order valence-corrected chi connectivity index (χ4v) is 3.33. The summed E-state index contributed by atoms with van der Waals surface area (Å²) in [5.74, 6) is 1.14. The summed E-state index contributed by atoms with van der Waals surface area (Å²) in [6.45, 7) is 0. The van der Waals surface area contributed by atoms with Crippen LogP contribution in [0.4, 0.5) is 11.4 Å². The highest BCUT2D eigenvalue weighted by Crippen LogP contribution is 2.32. The lowest BCUT2D eigenvalue weighted by molar-refractivity contribution is -0.384. The van der Waals surface area contributed by atoms with E-state index in [1.807, 2.05) is 0 Å². The lowest BCUT2D eigenvalue weighted by atomic mass is 10.1. The van der Waals surface area contributed by atoms with Gasteiger partial charge in [0.25, 0.3) is 11.6 Å². The molecule has 30 heavy (non-hydrogen) atoms. The second kappa shape index (κ2) is 7.80. The molecule has 2 aromatic carbocycles. The van der Waals surface area contributed by atoms with Crippen molar-refractivity contribution in [1.29, 1.82) is 0 Å². The first-order chi connectivity index (χ1) is 14.5. The summed E-state index contributed by atoms with van der Waals surface area (Å²) in [7, 11) is 1.52. The number of nitro benzene ring substituents is 1. The van der Waals surface area contributed by atoms with E-state index in [9.17, 15) is 14.9 Å². The van der Waals surface area contributed by atoms with Crippen LogP contribution < -0.4 is 15.0 Å². The molecule has 3 aromatic rings. The molecule has 2 heterocycles. The molecule has 4 rings (SSSR count). The highest BCUT2D eigenvalue weighted by molar-refractivity contribution is 7.80. The van der Waals surface area contributed by atoms with Gasteiger partial charge in [0.2, 0.25) is 0 Å². The number of nitro groups is 1. The summed E-state index contributed by atoms with van der Waals surface area (Å²) < 4.78 is 11.1. The van der Waals surface area contributed by atoms with Gasteiger partial charge in [-0.1, -0.05) is 12.1 Å². The van der Waals surface area contributed by atoms with E-state index in [4.69, 9.17) is 21.4 Å². The molecule has 1 amide bonds. The molecule has 0 aliphatic carbocycles. The molecule has 0 bridgehead atoms. The minimum atomic E-state index is -0.463. The van der Waals surface area contributed by atoms with E-state index in [0.29, 0.717) is 28.5 Å². The van der Waals surface area contributed by atoms with E-state index in [1.165, 1.54) is 24.1 Å². The van der Waals surface area contributed by atoms with E-state index in [0.717, 1.165) is 0 Å². The fourth-order valence-electron chi connectivity index (χ4n) is 3.04. The summed E-state index contributed by atoms with van der Waals surface area (Å²) in [6.07, 6.45) is 1.55. The van der Waals surface area contributed by atoms with Gasteiger partial charge in [0.15, 0.2) is 5.11 Å². The molecule has 0 atom stereocenters. The quantitative estimate of drug-likeness (QED) is 0.286. The van der Waals surface area contributed by atoms with Gasteiger partial charge in [-0.3, -0.25) is 14.9 Å². The number of carbonyl (C=O) groups is 1. The molecule has 1 saturated heterocycles. The maximum absolute atomic E-state index is 12.9. The Morgan fingerprint density at radius 1 is 1.13 bits per heavy atom. The van der Waals surface area contributed by atoms with Gasteiger partial charge < -0.3 is 14.5 Å². The summed E-state index contributed by atoms with van der Waals surface area (Å²) >= 11 is 5.33. The Morgan fingerprint density at radius 3 is 2.57 bits per heavy atom. The first-order valence-electron chi connectivity index (χ1n) is 8.83. The van der Waals surface area contributed by atoms with Gasteiger partial charge in [0, 0.05) is 23.8 Å². The van der Waals surface area contributed by atoms with Gasteiger partial charge in [-0.05, 0) is 48.6 Å². The van der Waals surface area contributed by atoms with Crippen molar-refractivity contribution in [2.45, 2.75) is 0 Å². The Balaban J connectivity index is 1.59. The van der Waals surface area contributed by atoms with Crippen LogP contribution in [-0.2, 0) is 4.79 Å². The van der Waals surface area contributed by atoms with E-state index < -0.39 is 4.92 Å². The number of hydrogen-bond donors (Lipinski definition) is 1. The largest absolute Gasteiger partial charge is 0.495 e. The van der Waals surface area contributed by atoms with Crippen molar-refractivity contribution < 1.29 is 18.9 Å². The Kier molecular flexibility index (Phi) is 5.03. The van der Waals surface area contributed by atoms with E-state index in [-0.39, 0.29) is 22.4 Å². The molecular formula is C21H15N3O5S. The molecule has 1 aliphatic heterocycles. The fraction of sp³-hybridized carbons (Fsp3) is 0.0476. The van der Waals surface area contributed by atoms with Gasteiger partial charge >= 0.3 is 0 Å². The Hall–Kier alpha value is -3.98. The van der Waals surface area contributed by atoms with Crippen LogP contribution in [0, 0.1) is 10.1 Å². The van der Waals surface area contributed by atoms with Crippen LogP contribution in [0.25, 0.3) is 17.4 Å². The number of anilines is 1. The van der Waals surface area contributed by atoms with Gasteiger partial charge in [-0.15, -0.1) is 0 Å². The van der Waals surface area contributed by atoms with E-state index in [2.05, 4.69) is 5.32 Å². The van der Waals surface area contributed by atoms with Crippen LogP contribution >= 0.6 is 12.2 Å². The standard InChI is InChI=1S/C21H15N3O5S/c1-28-19-5-3-2-4-17(19)23-20(25)16(22-21(23)30)12-15-10-11-18(29-15)13-6-8-14(9-7-13)24(26)27/h2-12H,1H3,(H,22,30)/b16-12-. The molecule has 0 unspecified atom stereocenters. The molecule has 0 spiro atoms. The average molecular weight is 421 g/mol. The summed E-state index contributed by atoms with van der Waals surface area (Å²) in [5, 5.41) is 13.9. The first kappa shape index (κ1) is 19.3. The molecule has 8 nitrogen and oxygen atoms in total. The number of rotatable bonds is 5. The number of nitrogens with one attached hydrogen (secondary N) is 1. The molecule has 0 radical (unpaired) electrons. The smallest absolute Gasteiger partial charge is 0.281 e. The predicted octanol–water partition coefficient (Wildman–Crippen LogP) is 4.13. The third kappa shape index (κ3) is 3.53. The number of para-hydroxylation sites is 2. The third-order valence-corrected chi connectivity index (χ3v) is 4.76.